The van der Waals surface area contributed by atoms with E-state index in [0.717, 1.165) is 12.1 Å². The molecule has 1 atom stereocenters. The summed E-state index contributed by atoms with van der Waals surface area (Å²) in [5, 5.41) is 5.85. The second-order valence-corrected chi connectivity index (χ2v) is 5.27. The third-order valence-electron chi connectivity index (χ3n) is 3.47. The van der Waals surface area contributed by atoms with Crippen molar-refractivity contribution in [3.63, 3.8) is 0 Å². The maximum Gasteiger partial charge on any atom is 0.337 e. The van der Waals surface area contributed by atoms with E-state index in [4.69, 9.17) is 0 Å². The SMILES string of the molecule is CCC(C)NC(=O)c1cnc(Nc2ccc(C(=O)OC)cc2)nc1. The minimum absolute atomic E-state index is 0.101. The molecule has 2 rings (SSSR count). The number of esters is 1. The normalized spacial score (nSPS) is 11.5. The molecule has 2 N–H and O–H groups in total. The molecule has 0 saturated heterocycles. The Hall–Kier alpha value is -2.96. The van der Waals surface area contributed by atoms with E-state index in [2.05, 4.69) is 25.3 Å². The summed E-state index contributed by atoms with van der Waals surface area (Å²) in [7, 11) is 1.33. The number of aromatic nitrogens is 2. The molecule has 0 aliphatic carbocycles. The first-order valence-electron chi connectivity index (χ1n) is 7.61. The smallest absolute Gasteiger partial charge is 0.337 e. The number of anilines is 2. The Bertz CT molecular complexity index is 699. The Balaban J connectivity index is 2.01. The third kappa shape index (κ3) is 4.52. The predicted molar refractivity (Wildman–Crippen MR) is 90.3 cm³/mol. The fourth-order valence-electron chi connectivity index (χ4n) is 1.86. The zero-order chi connectivity index (χ0) is 17.5. The zero-order valence-corrected chi connectivity index (χ0v) is 13.9. The molecule has 7 nitrogen and oxygen atoms in total. The number of carbonyl (C=O) groups excluding carboxylic acids is 2. The molecule has 1 unspecified atom stereocenters. The number of carbonyl (C=O) groups is 2. The van der Waals surface area contributed by atoms with Gasteiger partial charge in [-0.3, -0.25) is 4.79 Å². The Labute approximate surface area is 140 Å². The number of hydrogen-bond acceptors (Lipinski definition) is 6. The van der Waals surface area contributed by atoms with Crippen molar-refractivity contribution in [3.8, 4) is 0 Å². The van der Waals surface area contributed by atoms with E-state index in [1.54, 1.807) is 24.3 Å². The highest BCUT2D eigenvalue weighted by Crippen LogP contribution is 2.14. The maximum absolute atomic E-state index is 12.0. The molecular weight excluding hydrogens is 308 g/mol. The van der Waals surface area contributed by atoms with E-state index < -0.39 is 5.97 Å². The lowest BCUT2D eigenvalue weighted by Crippen LogP contribution is -2.32. The Kier molecular flexibility index (Phi) is 5.83. The fourth-order valence-corrected chi connectivity index (χ4v) is 1.86. The molecular formula is C17H20N4O3. The van der Waals surface area contributed by atoms with Gasteiger partial charge in [-0.15, -0.1) is 0 Å². The predicted octanol–water partition coefficient (Wildman–Crippen LogP) is 2.54. The minimum atomic E-state index is -0.394. The van der Waals surface area contributed by atoms with Crippen molar-refractivity contribution in [2.45, 2.75) is 26.3 Å². The first-order valence-corrected chi connectivity index (χ1v) is 7.61. The first-order chi connectivity index (χ1) is 11.5. The lowest BCUT2D eigenvalue weighted by molar-refractivity contribution is 0.0600. The summed E-state index contributed by atoms with van der Waals surface area (Å²) in [4.78, 5) is 31.6. The quantitative estimate of drug-likeness (QED) is 0.792. The molecule has 24 heavy (non-hydrogen) atoms. The van der Waals surface area contributed by atoms with Crippen molar-refractivity contribution in [1.29, 1.82) is 0 Å². The summed E-state index contributed by atoms with van der Waals surface area (Å²) in [5.74, 6) is -0.228. The Morgan fingerprint density at radius 3 is 2.29 bits per heavy atom. The monoisotopic (exact) mass is 328 g/mol. The van der Waals surface area contributed by atoms with E-state index in [1.165, 1.54) is 19.5 Å². The molecule has 0 aliphatic heterocycles. The van der Waals surface area contributed by atoms with Gasteiger partial charge in [0, 0.05) is 24.1 Å². The molecule has 0 saturated carbocycles. The number of methoxy groups -OCH3 is 1. The molecule has 126 valence electrons. The highest BCUT2D eigenvalue weighted by Gasteiger charge is 2.10. The van der Waals surface area contributed by atoms with Crippen LogP contribution in [0.5, 0.6) is 0 Å². The van der Waals surface area contributed by atoms with Gasteiger partial charge in [0.05, 0.1) is 18.2 Å². The number of ether oxygens (including phenoxy) is 1. The van der Waals surface area contributed by atoms with Crippen LogP contribution >= 0.6 is 0 Å². The highest BCUT2D eigenvalue weighted by atomic mass is 16.5. The zero-order valence-electron chi connectivity index (χ0n) is 13.9. The number of benzene rings is 1. The number of nitrogens with one attached hydrogen (secondary N) is 2. The minimum Gasteiger partial charge on any atom is -0.465 e. The maximum atomic E-state index is 12.0. The van der Waals surface area contributed by atoms with Crippen molar-refractivity contribution < 1.29 is 14.3 Å². The molecule has 0 bridgehead atoms. The summed E-state index contributed by atoms with van der Waals surface area (Å²) in [5.41, 5.74) is 1.59. The van der Waals surface area contributed by atoms with E-state index >= 15 is 0 Å². The lowest BCUT2D eigenvalue weighted by Gasteiger charge is -2.11. The van der Waals surface area contributed by atoms with Crippen LogP contribution in [0, 0.1) is 0 Å². The van der Waals surface area contributed by atoms with E-state index in [1.807, 2.05) is 13.8 Å². The van der Waals surface area contributed by atoms with Crippen LogP contribution in [0.15, 0.2) is 36.7 Å². The second kappa shape index (κ2) is 8.05. The summed E-state index contributed by atoms with van der Waals surface area (Å²) < 4.78 is 4.64. The van der Waals surface area contributed by atoms with Gasteiger partial charge in [0.25, 0.3) is 5.91 Å². The van der Waals surface area contributed by atoms with Crippen LogP contribution in [-0.4, -0.2) is 35.0 Å². The lowest BCUT2D eigenvalue weighted by atomic mass is 10.2. The molecule has 1 heterocycles. The Morgan fingerprint density at radius 2 is 1.75 bits per heavy atom. The molecule has 1 aromatic heterocycles. The van der Waals surface area contributed by atoms with Gasteiger partial charge >= 0.3 is 5.97 Å². The third-order valence-corrected chi connectivity index (χ3v) is 3.47. The summed E-state index contributed by atoms with van der Waals surface area (Å²) in [6.07, 6.45) is 3.79. The topological polar surface area (TPSA) is 93.2 Å². The standard InChI is InChI=1S/C17H20N4O3/c1-4-11(2)20-15(22)13-9-18-17(19-10-13)21-14-7-5-12(6-8-14)16(23)24-3/h5-11H,4H2,1-3H3,(H,20,22)(H,18,19,21). The van der Waals surface area contributed by atoms with E-state index in [9.17, 15) is 9.59 Å². The van der Waals surface area contributed by atoms with Crippen LogP contribution in [0.2, 0.25) is 0 Å². The summed E-state index contributed by atoms with van der Waals surface area (Å²) >= 11 is 0. The average molecular weight is 328 g/mol. The highest BCUT2D eigenvalue weighted by molar-refractivity contribution is 5.93. The molecule has 0 fully saturated rings. The summed E-state index contributed by atoms with van der Waals surface area (Å²) in [6, 6.07) is 6.83. The van der Waals surface area contributed by atoms with E-state index in [-0.39, 0.29) is 11.9 Å². The second-order valence-electron chi connectivity index (χ2n) is 5.27. The van der Waals surface area contributed by atoms with Crippen molar-refractivity contribution in [2.24, 2.45) is 0 Å². The largest absolute Gasteiger partial charge is 0.465 e. The number of amides is 1. The van der Waals surface area contributed by atoms with Crippen LogP contribution < -0.4 is 10.6 Å². The van der Waals surface area contributed by atoms with Crippen molar-refractivity contribution >= 4 is 23.5 Å². The first kappa shape index (κ1) is 17.4. The van der Waals surface area contributed by atoms with E-state index in [0.29, 0.717) is 17.1 Å². The molecule has 7 heteroatoms. The molecule has 0 aliphatic rings. The summed E-state index contributed by atoms with van der Waals surface area (Å²) in [6.45, 7) is 3.94. The molecule has 1 aromatic carbocycles. The van der Waals surface area contributed by atoms with Crippen molar-refractivity contribution in [3.05, 3.63) is 47.8 Å². The Morgan fingerprint density at radius 1 is 1.12 bits per heavy atom. The van der Waals surface area contributed by atoms with Gasteiger partial charge in [-0.25, -0.2) is 14.8 Å². The number of rotatable bonds is 6. The van der Waals surface area contributed by atoms with Crippen molar-refractivity contribution in [1.82, 2.24) is 15.3 Å². The van der Waals surface area contributed by atoms with Gasteiger partial charge in [-0.05, 0) is 37.6 Å². The van der Waals surface area contributed by atoms with Crippen LogP contribution in [0.3, 0.4) is 0 Å². The molecule has 0 spiro atoms. The molecule has 1 amide bonds. The van der Waals surface area contributed by atoms with Gasteiger partial charge in [0.2, 0.25) is 5.95 Å². The number of nitrogens with zero attached hydrogens (tertiary/aromatic N) is 2. The fraction of sp³-hybridized carbons (Fsp3) is 0.294. The number of hydrogen-bond donors (Lipinski definition) is 2. The van der Waals surface area contributed by atoms with Crippen LogP contribution in [0.25, 0.3) is 0 Å². The van der Waals surface area contributed by atoms with Crippen LogP contribution in [0.1, 0.15) is 41.0 Å². The average Bonchev–Trinajstić information content (AvgIpc) is 2.62. The van der Waals surface area contributed by atoms with Gasteiger partial charge in [-0.2, -0.15) is 0 Å². The molecule has 2 aromatic rings. The van der Waals surface area contributed by atoms with Crippen LogP contribution in [-0.2, 0) is 4.74 Å². The molecule has 0 radical (unpaired) electrons. The van der Waals surface area contributed by atoms with Gasteiger partial charge < -0.3 is 15.4 Å². The van der Waals surface area contributed by atoms with Crippen LogP contribution in [0.4, 0.5) is 11.6 Å². The van der Waals surface area contributed by atoms with Gasteiger partial charge in [0.1, 0.15) is 0 Å². The van der Waals surface area contributed by atoms with Gasteiger partial charge in [-0.1, -0.05) is 6.92 Å². The van der Waals surface area contributed by atoms with Crippen molar-refractivity contribution in [2.75, 3.05) is 12.4 Å². The van der Waals surface area contributed by atoms with Gasteiger partial charge in [0.15, 0.2) is 0 Å².